The molecule has 0 bridgehead atoms. The summed E-state index contributed by atoms with van der Waals surface area (Å²) >= 11 is 0. The van der Waals surface area contributed by atoms with E-state index in [1.807, 2.05) is 0 Å². The van der Waals surface area contributed by atoms with Gasteiger partial charge in [0.25, 0.3) is 0 Å². The molecule has 0 radical (unpaired) electrons. The van der Waals surface area contributed by atoms with Crippen LogP contribution in [0.2, 0.25) is 0 Å². The van der Waals surface area contributed by atoms with E-state index < -0.39 is 11.9 Å². The zero-order valence-electron chi connectivity index (χ0n) is 6.70. The molecule has 1 aromatic rings. The molecule has 0 saturated heterocycles. The van der Waals surface area contributed by atoms with Crippen LogP contribution in [0.1, 0.15) is 23.9 Å². The topological polar surface area (TPSA) is 26.0 Å². The van der Waals surface area contributed by atoms with E-state index in [-0.39, 0.29) is 17.7 Å². The summed E-state index contributed by atoms with van der Waals surface area (Å²) in [6.07, 6.45) is -4.12. The second-order valence-corrected chi connectivity index (χ2v) is 2.42. The number of hydrogen-bond donors (Lipinski definition) is 0. The average molecular weight is 179 g/mol. The number of alkyl halides is 3. The quantitative estimate of drug-likeness (QED) is 0.662. The second-order valence-electron chi connectivity index (χ2n) is 2.42. The van der Waals surface area contributed by atoms with Crippen molar-refractivity contribution in [2.45, 2.75) is 26.4 Å². The molecule has 0 spiro atoms. The van der Waals surface area contributed by atoms with Crippen LogP contribution in [0, 0.1) is 6.92 Å². The zero-order valence-corrected chi connectivity index (χ0v) is 6.70. The largest absolute Gasteiger partial charge is 0.437 e. The Labute approximate surface area is 67.4 Å². The first-order valence-electron chi connectivity index (χ1n) is 3.49. The molecule has 0 aromatic carbocycles. The molecule has 0 fully saturated rings. The van der Waals surface area contributed by atoms with Crippen molar-refractivity contribution in [3.63, 3.8) is 0 Å². The molecule has 0 aliphatic carbocycles. The van der Waals surface area contributed by atoms with E-state index in [2.05, 4.69) is 9.68 Å². The third kappa shape index (κ3) is 1.44. The first kappa shape index (κ1) is 9.09. The standard InChI is InChI=1S/C7H8F3NO/c1-3-5-4(2)12-11-6(5)7(8,9)10/h3H2,1-2H3. The summed E-state index contributed by atoms with van der Waals surface area (Å²) in [5.41, 5.74) is -0.759. The van der Waals surface area contributed by atoms with Gasteiger partial charge in [0, 0.05) is 5.56 Å². The Balaban J connectivity index is 3.16. The Morgan fingerprint density at radius 3 is 2.33 bits per heavy atom. The lowest BCUT2D eigenvalue weighted by Gasteiger charge is -2.02. The molecule has 0 aliphatic rings. The number of halogens is 3. The Morgan fingerprint density at radius 2 is 2.00 bits per heavy atom. The van der Waals surface area contributed by atoms with Crippen molar-refractivity contribution in [2.24, 2.45) is 0 Å². The van der Waals surface area contributed by atoms with Gasteiger partial charge in [0.05, 0.1) is 0 Å². The molecule has 0 atom stereocenters. The highest BCUT2D eigenvalue weighted by Crippen LogP contribution is 2.32. The number of nitrogens with zero attached hydrogens (tertiary/aromatic N) is 1. The van der Waals surface area contributed by atoms with Gasteiger partial charge in [0.1, 0.15) is 5.76 Å². The molecule has 2 nitrogen and oxygen atoms in total. The molecular formula is C7H8F3NO. The summed E-state index contributed by atoms with van der Waals surface area (Å²) in [7, 11) is 0. The first-order chi connectivity index (χ1) is 5.46. The number of aromatic nitrogens is 1. The lowest BCUT2D eigenvalue weighted by atomic mass is 10.1. The van der Waals surface area contributed by atoms with Gasteiger partial charge in [-0.2, -0.15) is 13.2 Å². The van der Waals surface area contributed by atoms with E-state index in [9.17, 15) is 13.2 Å². The van der Waals surface area contributed by atoms with Gasteiger partial charge < -0.3 is 4.52 Å². The van der Waals surface area contributed by atoms with Gasteiger partial charge in [-0.3, -0.25) is 0 Å². The molecule has 1 aromatic heterocycles. The van der Waals surface area contributed by atoms with E-state index in [0.29, 0.717) is 0 Å². The van der Waals surface area contributed by atoms with Crippen LogP contribution in [-0.2, 0) is 12.6 Å². The number of aryl methyl sites for hydroxylation is 1. The fraction of sp³-hybridized carbons (Fsp3) is 0.571. The fourth-order valence-electron chi connectivity index (χ4n) is 1.03. The maximum atomic E-state index is 12.1. The second kappa shape index (κ2) is 2.80. The van der Waals surface area contributed by atoms with Gasteiger partial charge in [-0.05, 0) is 13.3 Å². The van der Waals surface area contributed by atoms with Crippen LogP contribution < -0.4 is 0 Å². The highest BCUT2D eigenvalue weighted by Gasteiger charge is 2.37. The van der Waals surface area contributed by atoms with Crippen molar-refractivity contribution in [3.05, 3.63) is 17.0 Å². The molecular weight excluding hydrogens is 171 g/mol. The van der Waals surface area contributed by atoms with Crippen LogP contribution in [0.5, 0.6) is 0 Å². The van der Waals surface area contributed by atoms with Crippen molar-refractivity contribution in [2.75, 3.05) is 0 Å². The van der Waals surface area contributed by atoms with Gasteiger partial charge in [0.2, 0.25) is 0 Å². The molecule has 0 amide bonds. The van der Waals surface area contributed by atoms with Gasteiger partial charge in [-0.15, -0.1) is 0 Å². The smallest absolute Gasteiger partial charge is 0.361 e. The van der Waals surface area contributed by atoms with Gasteiger partial charge in [-0.25, -0.2) is 0 Å². The minimum absolute atomic E-state index is 0.141. The summed E-state index contributed by atoms with van der Waals surface area (Å²) < 4.78 is 40.8. The third-order valence-corrected chi connectivity index (χ3v) is 1.61. The molecule has 1 heterocycles. The Kier molecular flexibility index (Phi) is 2.12. The normalized spacial score (nSPS) is 12.1. The minimum atomic E-state index is -4.40. The molecule has 0 aliphatic heterocycles. The van der Waals surface area contributed by atoms with Crippen molar-refractivity contribution in [1.82, 2.24) is 5.16 Å². The summed E-state index contributed by atoms with van der Waals surface area (Å²) in [5.74, 6) is 0.241. The number of rotatable bonds is 1. The molecule has 1 rings (SSSR count). The highest BCUT2D eigenvalue weighted by atomic mass is 19.4. The van der Waals surface area contributed by atoms with Crippen LogP contribution in [0.25, 0.3) is 0 Å². The van der Waals surface area contributed by atoms with Crippen molar-refractivity contribution < 1.29 is 17.7 Å². The number of hydrogen-bond acceptors (Lipinski definition) is 2. The summed E-state index contributed by atoms with van der Waals surface area (Å²) in [5, 5.41) is 2.96. The predicted octanol–water partition coefficient (Wildman–Crippen LogP) is 2.56. The van der Waals surface area contributed by atoms with Gasteiger partial charge >= 0.3 is 6.18 Å². The zero-order chi connectivity index (χ0) is 9.35. The van der Waals surface area contributed by atoms with E-state index in [1.165, 1.54) is 6.92 Å². The summed E-state index contributed by atoms with van der Waals surface area (Å²) in [6.45, 7) is 3.11. The Hall–Kier alpha value is -1.00. The molecule has 5 heteroatoms. The van der Waals surface area contributed by atoms with Crippen LogP contribution in [0.4, 0.5) is 13.2 Å². The molecule has 0 saturated carbocycles. The SMILES string of the molecule is CCc1c(C(F)(F)F)noc1C. The predicted molar refractivity (Wildman–Crippen MR) is 35.6 cm³/mol. The summed E-state index contributed by atoms with van der Waals surface area (Å²) in [6, 6.07) is 0. The van der Waals surface area contributed by atoms with Crippen LogP contribution in [0.3, 0.4) is 0 Å². The van der Waals surface area contributed by atoms with Gasteiger partial charge in [0.15, 0.2) is 5.69 Å². The van der Waals surface area contributed by atoms with E-state index in [1.54, 1.807) is 6.92 Å². The fourth-order valence-corrected chi connectivity index (χ4v) is 1.03. The average Bonchev–Trinajstić information content (AvgIpc) is 2.29. The lowest BCUT2D eigenvalue weighted by molar-refractivity contribution is -0.143. The Morgan fingerprint density at radius 1 is 1.42 bits per heavy atom. The maximum absolute atomic E-state index is 12.1. The third-order valence-electron chi connectivity index (χ3n) is 1.61. The van der Waals surface area contributed by atoms with Gasteiger partial charge in [-0.1, -0.05) is 12.1 Å². The van der Waals surface area contributed by atoms with Crippen LogP contribution in [0.15, 0.2) is 4.52 Å². The molecule has 0 N–H and O–H groups in total. The van der Waals surface area contributed by atoms with Crippen LogP contribution >= 0.6 is 0 Å². The van der Waals surface area contributed by atoms with Crippen LogP contribution in [-0.4, -0.2) is 5.16 Å². The van der Waals surface area contributed by atoms with Crippen molar-refractivity contribution >= 4 is 0 Å². The van der Waals surface area contributed by atoms with E-state index in [0.717, 1.165) is 0 Å². The molecule has 0 unspecified atom stereocenters. The van der Waals surface area contributed by atoms with Crippen molar-refractivity contribution in [3.8, 4) is 0 Å². The minimum Gasteiger partial charge on any atom is -0.361 e. The maximum Gasteiger partial charge on any atom is 0.437 e. The highest BCUT2D eigenvalue weighted by molar-refractivity contribution is 5.24. The van der Waals surface area contributed by atoms with E-state index in [4.69, 9.17) is 0 Å². The molecule has 12 heavy (non-hydrogen) atoms. The van der Waals surface area contributed by atoms with E-state index >= 15 is 0 Å². The molecule has 68 valence electrons. The lowest BCUT2D eigenvalue weighted by Crippen LogP contribution is -2.08. The Bertz CT molecular complexity index is 277. The van der Waals surface area contributed by atoms with Crippen molar-refractivity contribution in [1.29, 1.82) is 0 Å². The summed E-state index contributed by atoms with van der Waals surface area (Å²) in [4.78, 5) is 0. The monoisotopic (exact) mass is 179 g/mol. The first-order valence-corrected chi connectivity index (χ1v) is 3.49.